The molecule has 2 aromatic rings. The molecule has 1 saturated heterocycles. The highest BCUT2D eigenvalue weighted by molar-refractivity contribution is 7.89. The van der Waals surface area contributed by atoms with Crippen LogP contribution in [0.1, 0.15) is 18.4 Å². The van der Waals surface area contributed by atoms with Gasteiger partial charge in [-0.2, -0.15) is 4.31 Å². The Morgan fingerprint density at radius 3 is 2.34 bits per heavy atom. The molecule has 1 heterocycles. The predicted octanol–water partition coefficient (Wildman–Crippen LogP) is 2.89. The van der Waals surface area contributed by atoms with Crippen LogP contribution in [0.25, 0.3) is 0 Å². The third-order valence-electron chi connectivity index (χ3n) is 5.24. The van der Waals surface area contributed by atoms with Crippen molar-refractivity contribution in [2.24, 2.45) is 5.92 Å². The Kier molecular flexibility index (Phi) is 6.54. The predicted molar refractivity (Wildman–Crippen MR) is 107 cm³/mol. The van der Waals surface area contributed by atoms with E-state index in [9.17, 15) is 17.6 Å². The summed E-state index contributed by atoms with van der Waals surface area (Å²) in [4.78, 5) is 14.5. The summed E-state index contributed by atoms with van der Waals surface area (Å²) in [6, 6.07) is 12.6. The molecule has 0 unspecified atom stereocenters. The number of sulfonamides is 1. The minimum Gasteiger partial charge on any atom is -0.497 e. The highest BCUT2D eigenvalue weighted by atomic mass is 32.2. The summed E-state index contributed by atoms with van der Waals surface area (Å²) in [5.74, 6) is -0.109. The average Bonchev–Trinajstić information content (AvgIpc) is 2.75. The highest BCUT2D eigenvalue weighted by Gasteiger charge is 2.33. The molecule has 0 bridgehead atoms. The standard InChI is InChI=1S/C21H25FN2O4S/c1-23(15-17-5-3-4-6-20(17)22)21(25)16-11-13-24(14-12-16)29(26,27)19-9-7-18(28-2)8-10-19/h3-10,16H,11-15H2,1-2H3. The third kappa shape index (κ3) is 4.76. The monoisotopic (exact) mass is 420 g/mol. The molecule has 156 valence electrons. The number of piperidine rings is 1. The molecule has 0 aromatic heterocycles. The van der Waals surface area contributed by atoms with E-state index in [0.717, 1.165) is 0 Å². The molecule has 2 aromatic carbocycles. The molecule has 1 aliphatic rings. The molecule has 8 heteroatoms. The maximum absolute atomic E-state index is 13.8. The van der Waals surface area contributed by atoms with Gasteiger partial charge in [-0.25, -0.2) is 12.8 Å². The lowest BCUT2D eigenvalue weighted by atomic mass is 9.96. The first-order valence-electron chi connectivity index (χ1n) is 9.45. The van der Waals surface area contributed by atoms with Crippen molar-refractivity contribution in [2.45, 2.75) is 24.3 Å². The number of rotatable bonds is 6. The van der Waals surface area contributed by atoms with Crippen LogP contribution in [0.5, 0.6) is 5.75 Å². The summed E-state index contributed by atoms with van der Waals surface area (Å²) in [7, 11) is -0.437. The number of hydrogen-bond acceptors (Lipinski definition) is 4. The summed E-state index contributed by atoms with van der Waals surface area (Å²) in [5, 5.41) is 0. The van der Waals surface area contributed by atoms with Gasteiger partial charge in [0, 0.05) is 38.2 Å². The van der Waals surface area contributed by atoms with Crippen LogP contribution in [-0.4, -0.2) is 50.8 Å². The minimum atomic E-state index is -3.61. The van der Waals surface area contributed by atoms with Gasteiger partial charge in [0.05, 0.1) is 12.0 Å². The number of carbonyl (C=O) groups excluding carboxylic acids is 1. The zero-order chi connectivity index (χ0) is 21.0. The van der Waals surface area contributed by atoms with E-state index in [2.05, 4.69) is 0 Å². The lowest BCUT2D eigenvalue weighted by molar-refractivity contribution is -0.136. The van der Waals surface area contributed by atoms with E-state index in [4.69, 9.17) is 4.74 Å². The molecule has 0 N–H and O–H groups in total. The zero-order valence-electron chi connectivity index (χ0n) is 16.5. The molecular weight excluding hydrogens is 395 g/mol. The fourth-order valence-corrected chi connectivity index (χ4v) is 4.98. The Labute approximate surface area is 170 Å². The fraction of sp³-hybridized carbons (Fsp3) is 0.381. The van der Waals surface area contributed by atoms with Crippen molar-refractivity contribution in [3.05, 3.63) is 59.9 Å². The molecule has 0 atom stereocenters. The Morgan fingerprint density at radius 2 is 1.76 bits per heavy atom. The van der Waals surface area contributed by atoms with Crippen molar-refractivity contribution in [3.63, 3.8) is 0 Å². The Balaban J connectivity index is 1.60. The van der Waals surface area contributed by atoms with E-state index in [0.29, 0.717) is 24.2 Å². The van der Waals surface area contributed by atoms with Crippen molar-refractivity contribution in [1.29, 1.82) is 0 Å². The molecule has 0 spiro atoms. The number of benzene rings is 2. The molecular formula is C21H25FN2O4S. The van der Waals surface area contributed by atoms with Gasteiger partial charge in [-0.05, 0) is 43.2 Å². The molecule has 1 amide bonds. The normalized spacial score (nSPS) is 15.8. The van der Waals surface area contributed by atoms with Gasteiger partial charge in [-0.3, -0.25) is 4.79 Å². The largest absolute Gasteiger partial charge is 0.497 e. The summed E-state index contributed by atoms with van der Waals surface area (Å²) in [6.45, 7) is 0.743. The second kappa shape index (κ2) is 8.92. The second-order valence-electron chi connectivity index (χ2n) is 7.14. The van der Waals surface area contributed by atoms with Gasteiger partial charge in [-0.1, -0.05) is 18.2 Å². The summed E-state index contributed by atoms with van der Waals surface area (Å²) < 4.78 is 46.0. The number of nitrogens with zero attached hydrogens (tertiary/aromatic N) is 2. The summed E-state index contributed by atoms with van der Waals surface area (Å²) in [6.07, 6.45) is 0.881. The molecule has 1 fully saturated rings. The lowest BCUT2D eigenvalue weighted by Crippen LogP contribution is -2.43. The molecule has 6 nitrogen and oxygen atoms in total. The highest BCUT2D eigenvalue weighted by Crippen LogP contribution is 2.26. The van der Waals surface area contributed by atoms with Crippen molar-refractivity contribution in [3.8, 4) is 5.75 Å². The van der Waals surface area contributed by atoms with E-state index in [1.807, 2.05) is 0 Å². The fourth-order valence-electron chi connectivity index (χ4n) is 3.51. The van der Waals surface area contributed by atoms with Crippen LogP contribution in [0.15, 0.2) is 53.4 Å². The molecule has 0 radical (unpaired) electrons. The molecule has 0 aliphatic carbocycles. The van der Waals surface area contributed by atoms with E-state index in [1.54, 1.807) is 37.4 Å². The Bertz CT molecular complexity index is 955. The Morgan fingerprint density at radius 1 is 1.14 bits per heavy atom. The smallest absolute Gasteiger partial charge is 0.243 e. The molecule has 29 heavy (non-hydrogen) atoms. The first-order chi connectivity index (χ1) is 13.8. The van der Waals surface area contributed by atoms with Gasteiger partial charge < -0.3 is 9.64 Å². The van der Waals surface area contributed by atoms with E-state index in [1.165, 1.54) is 34.5 Å². The second-order valence-corrected chi connectivity index (χ2v) is 9.08. The van der Waals surface area contributed by atoms with Crippen LogP contribution in [0.3, 0.4) is 0 Å². The number of hydrogen-bond donors (Lipinski definition) is 0. The minimum absolute atomic E-state index is 0.0882. The lowest BCUT2D eigenvalue weighted by Gasteiger charge is -2.32. The van der Waals surface area contributed by atoms with Gasteiger partial charge in [0.15, 0.2) is 0 Å². The first kappa shape index (κ1) is 21.3. The zero-order valence-corrected chi connectivity index (χ0v) is 17.4. The van der Waals surface area contributed by atoms with Crippen molar-refractivity contribution in [1.82, 2.24) is 9.21 Å². The topological polar surface area (TPSA) is 66.9 Å². The quantitative estimate of drug-likeness (QED) is 0.721. The number of ether oxygens (including phenoxy) is 1. The maximum Gasteiger partial charge on any atom is 0.243 e. The van der Waals surface area contributed by atoms with Crippen molar-refractivity contribution in [2.75, 3.05) is 27.2 Å². The van der Waals surface area contributed by atoms with Gasteiger partial charge in [0.1, 0.15) is 11.6 Å². The number of halogens is 1. The van der Waals surface area contributed by atoms with Gasteiger partial charge in [0.2, 0.25) is 15.9 Å². The van der Waals surface area contributed by atoms with Gasteiger partial charge in [0.25, 0.3) is 0 Å². The van der Waals surface area contributed by atoms with Crippen molar-refractivity contribution < 1.29 is 22.3 Å². The molecule has 1 aliphatic heterocycles. The average molecular weight is 421 g/mol. The van der Waals surface area contributed by atoms with Crippen LogP contribution >= 0.6 is 0 Å². The number of methoxy groups -OCH3 is 1. The maximum atomic E-state index is 13.8. The first-order valence-corrected chi connectivity index (χ1v) is 10.9. The van der Waals surface area contributed by atoms with Crippen LogP contribution in [-0.2, 0) is 21.4 Å². The molecule has 0 saturated carbocycles. The Hall–Kier alpha value is -2.45. The van der Waals surface area contributed by atoms with E-state index >= 15 is 0 Å². The van der Waals surface area contributed by atoms with Gasteiger partial charge in [-0.15, -0.1) is 0 Å². The summed E-state index contributed by atoms with van der Waals surface area (Å²) >= 11 is 0. The van der Waals surface area contributed by atoms with Crippen LogP contribution < -0.4 is 4.74 Å². The van der Waals surface area contributed by atoms with Crippen LogP contribution in [0.2, 0.25) is 0 Å². The number of carbonyl (C=O) groups is 1. The summed E-state index contributed by atoms with van der Waals surface area (Å²) in [5.41, 5.74) is 0.461. The van der Waals surface area contributed by atoms with E-state index < -0.39 is 10.0 Å². The van der Waals surface area contributed by atoms with E-state index in [-0.39, 0.29) is 42.2 Å². The van der Waals surface area contributed by atoms with Gasteiger partial charge >= 0.3 is 0 Å². The SMILES string of the molecule is COc1ccc(S(=O)(=O)N2CCC(C(=O)N(C)Cc3ccccc3F)CC2)cc1. The molecule has 3 rings (SSSR count). The van der Waals surface area contributed by atoms with Crippen LogP contribution in [0.4, 0.5) is 4.39 Å². The third-order valence-corrected chi connectivity index (χ3v) is 7.15. The van der Waals surface area contributed by atoms with Crippen molar-refractivity contribution >= 4 is 15.9 Å². The van der Waals surface area contributed by atoms with Crippen LogP contribution in [0, 0.1) is 11.7 Å². The number of amides is 1.